The summed E-state index contributed by atoms with van der Waals surface area (Å²) in [5, 5.41) is 16.0. The Morgan fingerprint density at radius 1 is 1.44 bits per heavy atom. The molecule has 2 bridgehead atoms. The maximum Gasteiger partial charge on any atom is 0.139 e. The third-order valence-electron chi connectivity index (χ3n) is 4.75. The number of aliphatic hydroxyl groups is 2. The molecule has 16 heavy (non-hydrogen) atoms. The molecule has 0 radical (unpaired) electrons. The lowest BCUT2D eigenvalue weighted by Gasteiger charge is -2.32. The Labute approximate surface area is 97.9 Å². The molecule has 2 aliphatic rings. The first-order chi connectivity index (χ1) is 7.25. The molecule has 2 fully saturated rings. The molecule has 3 unspecified atom stereocenters. The Kier molecular flexibility index (Phi) is 3.80. The zero-order valence-corrected chi connectivity index (χ0v) is 10.8. The normalized spacial score (nSPS) is 36.9. The quantitative estimate of drug-likeness (QED) is 0.719. The monoisotopic (exact) mass is 228 g/mol. The van der Waals surface area contributed by atoms with Crippen LogP contribution >= 0.6 is 0 Å². The lowest BCUT2D eigenvalue weighted by atomic mass is 9.70. The van der Waals surface area contributed by atoms with Gasteiger partial charge >= 0.3 is 0 Å². The van der Waals surface area contributed by atoms with Gasteiger partial charge in [0.25, 0.3) is 0 Å². The van der Waals surface area contributed by atoms with Crippen molar-refractivity contribution in [3.8, 4) is 0 Å². The summed E-state index contributed by atoms with van der Waals surface area (Å²) < 4.78 is 0. The standard InChI is InChI=1S/C10H16O.C3H8O2/c1-9(2)7-4-5-10(9,3)8(11)6-7;1-3(5)2-4/h7H,4-6H2,1-3H3;3-5H,2H2,1H3. The Hall–Kier alpha value is -0.410. The van der Waals surface area contributed by atoms with Crippen LogP contribution in [0.1, 0.15) is 47.0 Å². The summed E-state index contributed by atoms with van der Waals surface area (Å²) in [4.78, 5) is 11.6. The molecular weight excluding hydrogens is 204 g/mol. The minimum Gasteiger partial charge on any atom is -0.394 e. The van der Waals surface area contributed by atoms with E-state index in [4.69, 9.17) is 10.2 Å². The first-order valence-corrected chi connectivity index (χ1v) is 6.08. The van der Waals surface area contributed by atoms with Crippen molar-refractivity contribution in [3.05, 3.63) is 0 Å². The van der Waals surface area contributed by atoms with E-state index in [1.807, 2.05) is 0 Å². The first-order valence-electron chi connectivity index (χ1n) is 6.08. The molecule has 0 aromatic heterocycles. The third kappa shape index (κ3) is 2.03. The van der Waals surface area contributed by atoms with Gasteiger partial charge in [-0.25, -0.2) is 0 Å². The van der Waals surface area contributed by atoms with Crippen molar-refractivity contribution >= 4 is 5.78 Å². The van der Waals surface area contributed by atoms with Crippen LogP contribution in [0.5, 0.6) is 0 Å². The molecule has 2 rings (SSSR count). The lowest BCUT2D eigenvalue weighted by molar-refractivity contribution is -0.128. The van der Waals surface area contributed by atoms with Crippen molar-refractivity contribution in [1.82, 2.24) is 0 Å². The maximum absolute atomic E-state index is 11.6. The van der Waals surface area contributed by atoms with Crippen LogP contribution in [-0.2, 0) is 4.79 Å². The van der Waals surface area contributed by atoms with E-state index in [-0.39, 0.29) is 17.4 Å². The molecule has 94 valence electrons. The van der Waals surface area contributed by atoms with E-state index in [2.05, 4.69) is 20.8 Å². The summed E-state index contributed by atoms with van der Waals surface area (Å²) in [5.74, 6) is 1.19. The van der Waals surface area contributed by atoms with E-state index < -0.39 is 6.10 Å². The summed E-state index contributed by atoms with van der Waals surface area (Å²) >= 11 is 0. The number of fused-ring (bicyclic) bond motifs is 2. The Morgan fingerprint density at radius 2 is 1.94 bits per heavy atom. The second-order valence-electron chi connectivity index (χ2n) is 5.95. The number of rotatable bonds is 1. The molecule has 3 nitrogen and oxygen atoms in total. The average molecular weight is 228 g/mol. The molecule has 2 aliphatic carbocycles. The maximum atomic E-state index is 11.6. The van der Waals surface area contributed by atoms with Crippen molar-refractivity contribution in [2.45, 2.75) is 53.1 Å². The van der Waals surface area contributed by atoms with Crippen LogP contribution in [-0.4, -0.2) is 28.7 Å². The fraction of sp³-hybridized carbons (Fsp3) is 0.923. The largest absolute Gasteiger partial charge is 0.394 e. The molecule has 3 heteroatoms. The van der Waals surface area contributed by atoms with E-state index in [1.165, 1.54) is 13.3 Å². The van der Waals surface area contributed by atoms with Gasteiger partial charge < -0.3 is 10.2 Å². The highest BCUT2D eigenvalue weighted by atomic mass is 16.3. The van der Waals surface area contributed by atoms with E-state index in [0.717, 1.165) is 12.8 Å². The summed E-state index contributed by atoms with van der Waals surface area (Å²) in [7, 11) is 0. The van der Waals surface area contributed by atoms with Crippen molar-refractivity contribution in [2.75, 3.05) is 6.61 Å². The second-order valence-corrected chi connectivity index (χ2v) is 5.95. The van der Waals surface area contributed by atoms with Gasteiger partial charge in [-0.3, -0.25) is 4.79 Å². The fourth-order valence-corrected chi connectivity index (χ4v) is 2.90. The van der Waals surface area contributed by atoms with E-state index in [9.17, 15) is 4.79 Å². The van der Waals surface area contributed by atoms with Gasteiger partial charge in [-0.2, -0.15) is 0 Å². The third-order valence-corrected chi connectivity index (χ3v) is 4.75. The molecule has 0 spiro atoms. The van der Waals surface area contributed by atoms with Gasteiger partial charge in [0, 0.05) is 11.8 Å². The molecule has 0 heterocycles. The summed E-state index contributed by atoms with van der Waals surface area (Å²) in [6.07, 6.45) is 2.69. The van der Waals surface area contributed by atoms with Crippen LogP contribution in [0.25, 0.3) is 0 Å². The predicted octanol–water partition coefficient (Wildman–Crippen LogP) is 1.76. The summed E-state index contributed by atoms with van der Waals surface area (Å²) in [6.45, 7) is 8.06. The molecular formula is C13H24O3. The average Bonchev–Trinajstić information content (AvgIpc) is 2.51. The number of hydrogen-bond donors (Lipinski definition) is 2. The van der Waals surface area contributed by atoms with Crippen LogP contribution in [0.3, 0.4) is 0 Å². The van der Waals surface area contributed by atoms with Gasteiger partial charge in [-0.15, -0.1) is 0 Å². The van der Waals surface area contributed by atoms with Crippen molar-refractivity contribution in [1.29, 1.82) is 0 Å². The SMILES string of the molecule is CC(O)CO.CC12CCC(CC1=O)C2(C)C. The highest BCUT2D eigenvalue weighted by molar-refractivity contribution is 5.89. The summed E-state index contributed by atoms with van der Waals surface area (Å²) in [5.41, 5.74) is 0.307. The Bertz CT molecular complexity index is 270. The molecule has 2 N–H and O–H groups in total. The van der Waals surface area contributed by atoms with Crippen molar-refractivity contribution < 1.29 is 15.0 Å². The summed E-state index contributed by atoms with van der Waals surface area (Å²) in [6, 6.07) is 0. The van der Waals surface area contributed by atoms with Gasteiger partial charge in [0.15, 0.2) is 0 Å². The minimum atomic E-state index is -0.560. The second kappa shape index (κ2) is 4.46. The van der Waals surface area contributed by atoms with Gasteiger partial charge in [-0.05, 0) is 31.1 Å². The van der Waals surface area contributed by atoms with Crippen LogP contribution in [0.15, 0.2) is 0 Å². The molecule has 0 saturated heterocycles. The van der Waals surface area contributed by atoms with Crippen LogP contribution in [0, 0.1) is 16.7 Å². The van der Waals surface area contributed by atoms with E-state index in [1.54, 1.807) is 0 Å². The molecule has 0 aromatic carbocycles. The molecule has 0 aliphatic heterocycles. The number of aliphatic hydroxyl groups excluding tert-OH is 2. The Balaban J connectivity index is 0.000000221. The number of ketones is 1. The highest BCUT2D eigenvalue weighted by Crippen LogP contribution is 2.63. The zero-order chi connectivity index (χ0) is 12.6. The zero-order valence-electron chi connectivity index (χ0n) is 10.8. The lowest BCUT2D eigenvalue weighted by Crippen LogP contribution is -2.32. The smallest absolute Gasteiger partial charge is 0.139 e. The van der Waals surface area contributed by atoms with Crippen molar-refractivity contribution in [3.63, 3.8) is 0 Å². The van der Waals surface area contributed by atoms with Crippen LogP contribution in [0.2, 0.25) is 0 Å². The number of hydrogen-bond acceptors (Lipinski definition) is 3. The number of carbonyl (C=O) groups excluding carboxylic acids is 1. The van der Waals surface area contributed by atoms with Crippen LogP contribution in [0.4, 0.5) is 0 Å². The predicted molar refractivity (Wildman–Crippen MR) is 63.0 cm³/mol. The van der Waals surface area contributed by atoms with Gasteiger partial charge in [-0.1, -0.05) is 20.8 Å². The van der Waals surface area contributed by atoms with E-state index in [0.29, 0.717) is 11.7 Å². The fourth-order valence-electron chi connectivity index (χ4n) is 2.90. The molecule has 2 saturated carbocycles. The van der Waals surface area contributed by atoms with Gasteiger partial charge in [0.05, 0.1) is 12.7 Å². The van der Waals surface area contributed by atoms with Crippen molar-refractivity contribution in [2.24, 2.45) is 16.7 Å². The first kappa shape index (κ1) is 13.7. The minimum absolute atomic E-state index is 0.0255. The van der Waals surface area contributed by atoms with E-state index >= 15 is 0 Å². The molecule has 3 atom stereocenters. The highest BCUT2D eigenvalue weighted by Gasteiger charge is 2.61. The van der Waals surface area contributed by atoms with Gasteiger partial charge in [0.2, 0.25) is 0 Å². The van der Waals surface area contributed by atoms with Gasteiger partial charge in [0.1, 0.15) is 5.78 Å². The topological polar surface area (TPSA) is 57.5 Å². The van der Waals surface area contributed by atoms with Crippen LogP contribution < -0.4 is 0 Å². The Morgan fingerprint density at radius 3 is 2.06 bits per heavy atom. The number of carbonyl (C=O) groups is 1. The number of Topliss-reactive ketones (excluding diaryl/α,β-unsaturated/α-hetero) is 1. The molecule has 0 amide bonds. The molecule has 0 aromatic rings.